The van der Waals surface area contributed by atoms with Gasteiger partial charge in [0.1, 0.15) is 5.76 Å². The Morgan fingerprint density at radius 2 is 2.50 bits per heavy atom. The molecule has 1 fully saturated rings. The molecule has 0 saturated carbocycles. The summed E-state index contributed by atoms with van der Waals surface area (Å²) < 4.78 is 5.35. The zero-order valence-corrected chi connectivity index (χ0v) is 11.0. The fraction of sp³-hybridized carbons (Fsp3) is 0.643. The van der Waals surface area contributed by atoms with Crippen LogP contribution in [0.2, 0.25) is 0 Å². The molecule has 0 unspecified atom stereocenters. The van der Waals surface area contributed by atoms with Gasteiger partial charge in [-0.2, -0.15) is 0 Å². The van der Waals surface area contributed by atoms with Gasteiger partial charge in [0.15, 0.2) is 0 Å². The van der Waals surface area contributed by atoms with Crippen molar-refractivity contribution < 1.29 is 9.21 Å². The molecule has 0 bridgehead atoms. The van der Waals surface area contributed by atoms with Gasteiger partial charge < -0.3 is 14.6 Å². The Kier molecular flexibility index (Phi) is 4.81. The molecule has 1 N–H and O–H groups in total. The van der Waals surface area contributed by atoms with Gasteiger partial charge in [-0.05, 0) is 31.5 Å². The van der Waals surface area contributed by atoms with Crippen LogP contribution in [0.3, 0.4) is 0 Å². The minimum atomic E-state index is 0.150. The molecule has 4 heteroatoms. The Bertz CT molecular complexity index is 356. The van der Waals surface area contributed by atoms with Gasteiger partial charge in [-0.15, -0.1) is 0 Å². The number of rotatable bonds is 6. The quantitative estimate of drug-likeness (QED) is 0.840. The lowest BCUT2D eigenvalue weighted by Crippen LogP contribution is -2.37. The molecule has 4 nitrogen and oxygen atoms in total. The van der Waals surface area contributed by atoms with Crippen molar-refractivity contribution in [2.24, 2.45) is 5.92 Å². The number of unbranched alkanes of at least 4 members (excludes halogenated alkanes) is 1. The predicted molar refractivity (Wildman–Crippen MR) is 70.0 cm³/mol. The van der Waals surface area contributed by atoms with Crippen molar-refractivity contribution >= 4 is 5.91 Å². The van der Waals surface area contributed by atoms with E-state index in [1.54, 1.807) is 6.26 Å². The number of hydrogen-bond acceptors (Lipinski definition) is 3. The van der Waals surface area contributed by atoms with E-state index in [0.717, 1.165) is 44.7 Å². The lowest BCUT2D eigenvalue weighted by Gasteiger charge is -2.24. The Balaban J connectivity index is 1.96. The molecule has 1 aliphatic rings. The highest BCUT2D eigenvalue weighted by Crippen LogP contribution is 2.15. The molecule has 2 heterocycles. The third-order valence-electron chi connectivity index (χ3n) is 3.43. The Hall–Kier alpha value is -1.29. The first-order chi connectivity index (χ1) is 8.81. The molecule has 1 saturated heterocycles. The van der Waals surface area contributed by atoms with Gasteiger partial charge in [0.2, 0.25) is 5.91 Å². The summed E-state index contributed by atoms with van der Waals surface area (Å²) >= 11 is 0. The second-order valence-corrected chi connectivity index (χ2v) is 4.88. The van der Waals surface area contributed by atoms with Crippen LogP contribution in [0.15, 0.2) is 22.8 Å². The SMILES string of the molecule is CCCCN(Cc1ccco1)C(=O)[C@@H]1CCNC1. The lowest BCUT2D eigenvalue weighted by molar-refractivity contribution is -0.135. The van der Waals surface area contributed by atoms with Crippen LogP contribution < -0.4 is 5.32 Å². The number of carbonyl (C=O) groups is 1. The second-order valence-electron chi connectivity index (χ2n) is 4.88. The van der Waals surface area contributed by atoms with E-state index >= 15 is 0 Å². The van der Waals surface area contributed by atoms with E-state index in [2.05, 4.69) is 12.2 Å². The summed E-state index contributed by atoms with van der Waals surface area (Å²) in [4.78, 5) is 14.4. The van der Waals surface area contributed by atoms with E-state index in [-0.39, 0.29) is 11.8 Å². The molecule has 1 aromatic heterocycles. The minimum Gasteiger partial charge on any atom is -0.467 e. The summed E-state index contributed by atoms with van der Waals surface area (Å²) in [5.74, 6) is 1.28. The van der Waals surface area contributed by atoms with Crippen LogP contribution in [-0.4, -0.2) is 30.4 Å². The maximum atomic E-state index is 12.4. The van der Waals surface area contributed by atoms with Crippen molar-refractivity contribution in [2.75, 3.05) is 19.6 Å². The fourth-order valence-electron chi connectivity index (χ4n) is 2.33. The normalized spacial score (nSPS) is 19.1. The monoisotopic (exact) mass is 250 g/mol. The van der Waals surface area contributed by atoms with Crippen LogP contribution >= 0.6 is 0 Å². The smallest absolute Gasteiger partial charge is 0.227 e. The van der Waals surface area contributed by atoms with E-state index in [0.29, 0.717) is 6.54 Å². The van der Waals surface area contributed by atoms with Gasteiger partial charge in [-0.25, -0.2) is 0 Å². The molecule has 0 aliphatic carbocycles. The van der Waals surface area contributed by atoms with Crippen LogP contribution in [0, 0.1) is 5.92 Å². The zero-order chi connectivity index (χ0) is 12.8. The molecule has 1 amide bonds. The molecular weight excluding hydrogens is 228 g/mol. The number of furan rings is 1. The zero-order valence-electron chi connectivity index (χ0n) is 11.0. The highest BCUT2D eigenvalue weighted by molar-refractivity contribution is 5.79. The average molecular weight is 250 g/mol. The lowest BCUT2D eigenvalue weighted by atomic mass is 10.1. The molecule has 1 aliphatic heterocycles. The van der Waals surface area contributed by atoms with Crippen molar-refractivity contribution in [2.45, 2.75) is 32.7 Å². The summed E-state index contributed by atoms with van der Waals surface area (Å²) in [5, 5.41) is 3.25. The van der Waals surface area contributed by atoms with E-state index < -0.39 is 0 Å². The molecule has 18 heavy (non-hydrogen) atoms. The number of amides is 1. The van der Waals surface area contributed by atoms with Crippen LogP contribution in [0.25, 0.3) is 0 Å². The van der Waals surface area contributed by atoms with Crippen molar-refractivity contribution in [1.82, 2.24) is 10.2 Å². The minimum absolute atomic E-state index is 0.150. The molecule has 0 spiro atoms. The van der Waals surface area contributed by atoms with Gasteiger partial charge in [0.05, 0.1) is 18.7 Å². The van der Waals surface area contributed by atoms with E-state index in [1.165, 1.54) is 0 Å². The van der Waals surface area contributed by atoms with Gasteiger partial charge in [-0.3, -0.25) is 4.79 Å². The van der Waals surface area contributed by atoms with Gasteiger partial charge in [-0.1, -0.05) is 13.3 Å². The third kappa shape index (κ3) is 3.35. The molecule has 2 rings (SSSR count). The van der Waals surface area contributed by atoms with Gasteiger partial charge in [0.25, 0.3) is 0 Å². The average Bonchev–Trinajstić information content (AvgIpc) is 3.06. The summed E-state index contributed by atoms with van der Waals surface area (Å²) in [6.45, 7) is 5.35. The van der Waals surface area contributed by atoms with Crippen molar-refractivity contribution in [3.63, 3.8) is 0 Å². The first-order valence-electron chi connectivity index (χ1n) is 6.83. The highest BCUT2D eigenvalue weighted by atomic mass is 16.3. The van der Waals surface area contributed by atoms with E-state index in [4.69, 9.17) is 4.42 Å². The third-order valence-corrected chi connectivity index (χ3v) is 3.43. The Labute approximate surface area is 108 Å². The maximum absolute atomic E-state index is 12.4. The number of nitrogens with zero attached hydrogens (tertiary/aromatic N) is 1. The van der Waals surface area contributed by atoms with Gasteiger partial charge in [0, 0.05) is 13.1 Å². The topological polar surface area (TPSA) is 45.5 Å². The second kappa shape index (κ2) is 6.59. The summed E-state index contributed by atoms with van der Waals surface area (Å²) in [6, 6.07) is 3.80. The van der Waals surface area contributed by atoms with Crippen molar-refractivity contribution in [1.29, 1.82) is 0 Å². The Morgan fingerprint density at radius 3 is 3.11 bits per heavy atom. The van der Waals surface area contributed by atoms with Crippen LogP contribution in [0.5, 0.6) is 0 Å². The first kappa shape index (κ1) is 13.1. The maximum Gasteiger partial charge on any atom is 0.227 e. The predicted octanol–water partition coefficient (Wildman–Crippen LogP) is 2.02. The fourth-order valence-corrected chi connectivity index (χ4v) is 2.33. The molecule has 0 radical (unpaired) electrons. The summed E-state index contributed by atoms with van der Waals surface area (Å²) in [6.07, 6.45) is 4.77. The number of nitrogens with one attached hydrogen (secondary N) is 1. The van der Waals surface area contributed by atoms with Crippen LogP contribution in [0.1, 0.15) is 31.9 Å². The standard InChI is InChI=1S/C14H22N2O2/c1-2-3-8-16(11-13-5-4-9-18-13)14(17)12-6-7-15-10-12/h4-5,9,12,15H,2-3,6-8,10-11H2,1H3/t12-/m1/s1. The molecule has 1 atom stereocenters. The Morgan fingerprint density at radius 1 is 1.61 bits per heavy atom. The van der Waals surface area contributed by atoms with Crippen molar-refractivity contribution in [3.8, 4) is 0 Å². The van der Waals surface area contributed by atoms with Crippen LogP contribution in [-0.2, 0) is 11.3 Å². The van der Waals surface area contributed by atoms with Crippen LogP contribution in [0.4, 0.5) is 0 Å². The van der Waals surface area contributed by atoms with E-state index in [1.807, 2.05) is 17.0 Å². The molecular formula is C14H22N2O2. The largest absolute Gasteiger partial charge is 0.467 e. The summed E-state index contributed by atoms with van der Waals surface area (Å²) in [5.41, 5.74) is 0. The van der Waals surface area contributed by atoms with Gasteiger partial charge >= 0.3 is 0 Å². The number of carbonyl (C=O) groups excluding carboxylic acids is 1. The van der Waals surface area contributed by atoms with Crippen molar-refractivity contribution in [3.05, 3.63) is 24.2 Å². The van der Waals surface area contributed by atoms with E-state index in [9.17, 15) is 4.79 Å². The summed E-state index contributed by atoms with van der Waals surface area (Å²) in [7, 11) is 0. The number of hydrogen-bond donors (Lipinski definition) is 1. The highest BCUT2D eigenvalue weighted by Gasteiger charge is 2.27. The molecule has 100 valence electrons. The molecule has 0 aromatic carbocycles. The molecule has 1 aromatic rings. The first-order valence-corrected chi connectivity index (χ1v) is 6.83.